The van der Waals surface area contributed by atoms with E-state index < -0.39 is 15.8 Å². The van der Waals surface area contributed by atoms with Crippen LogP contribution in [0.3, 0.4) is 0 Å². The van der Waals surface area contributed by atoms with Crippen LogP contribution in [0.25, 0.3) is 5.57 Å². The Morgan fingerprint density at radius 2 is 2.06 bits per heavy atom. The minimum absolute atomic E-state index is 0.0178. The highest BCUT2D eigenvalue weighted by Crippen LogP contribution is 2.27. The largest absolute Gasteiger partial charge is 0.478 e. The zero-order valence-corrected chi connectivity index (χ0v) is 9.96. The molecule has 0 unspecified atom stereocenters. The molecule has 0 aliphatic carbocycles. The molecule has 0 amide bonds. The van der Waals surface area contributed by atoms with Crippen LogP contribution in [0.1, 0.15) is 17.5 Å². The van der Waals surface area contributed by atoms with Crippen molar-refractivity contribution in [3.05, 3.63) is 35.9 Å². The molecule has 0 spiro atoms. The fraction of sp³-hybridized carbons (Fsp3) is 0.250. The van der Waals surface area contributed by atoms with Gasteiger partial charge in [0.25, 0.3) is 0 Å². The molecular weight excluding hydrogens is 240 g/mol. The van der Waals surface area contributed by atoms with Gasteiger partial charge in [-0.3, -0.25) is 0 Å². The summed E-state index contributed by atoms with van der Waals surface area (Å²) in [7, 11) is -3.18. The first-order chi connectivity index (χ1) is 7.92. The van der Waals surface area contributed by atoms with Crippen LogP contribution >= 0.6 is 0 Å². The van der Waals surface area contributed by atoms with Crippen LogP contribution in [-0.4, -0.2) is 25.2 Å². The zero-order chi connectivity index (χ0) is 12.6. The quantitative estimate of drug-likeness (QED) is 0.810. The Morgan fingerprint density at radius 3 is 2.71 bits per heavy atom. The minimum atomic E-state index is -3.18. The van der Waals surface area contributed by atoms with E-state index in [-0.39, 0.29) is 11.3 Å². The van der Waals surface area contributed by atoms with E-state index >= 15 is 0 Å². The first-order valence-corrected chi connectivity index (χ1v) is 6.85. The van der Waals surface area contributed by atoms with Gasteiger partial charge in [-0.2, -0.15) is 0 Å². The molecule has 1 aliphatic rings. The number of carboxylic acids is 1. The summed E-state index contributed by atoms with van der Waals surface area (Å²) in [5.41, 5.74) is 1.14. The average Bonchev–Trinajstić information content (AvgIpc) is 2.27. The number of sulfone groups is 1. The number of hydrogen-bond donors (Lipinski definition) is 1. The normalized spacial score (nSPS) is 17.2. The number of hydrogen-bond acceptors (Lipinski definition) is 3. The Bertz CT molecular complexity index is 599. The van der Waals surface area contributed by atoms with Crippen molar-refractivity contribution in [3.63, 3.8) is 0 Å². The lowest BCUT2D eigenvalue weighted by Gasteiger charge is -2.17. The first-order valence-electron chi connectivity index (χ1n) is 5.20. The Kier molecular flexibility index (Phi) is 2.79. The maximum Gasteiger partial charge on any atom is 0.335 e. The lowest BCUT2D eigenvalue weighted by Crippen LogP contribution is -2.16. The van der Waals surface area contributed by atoms with Crippen LogP contribution in [0.2, 0.25) is 0 Å². The number of benzene rings is 1. The molecule has 17 heavy (non-hydrogen) atoms. The van der Waals surface area contributed by atoms with Crippen molar-refractivity contribution in [1.82, 2.24) is 0 Å². The van der Waals surface area contributed by atoms with E-state index in [0.29, 0.717) is 28.9 Å². The number of fused-ring (bicyclic) bond motifs is 1. The molecule has 0 radical (unpaired) electrons. The molecule has 0 saturated heterocycles. The van der Waals surface area contributed by atoms with E-state index in [1.54, 1.807) is 6.07 Å². The van der Waals surface area contributed by atoms with Gasteiger partial charge in [-0.25, -0.2) is 13.2 Å². The molecule has 0 saturated carbocycles. The van der Waals surface area contributed by atoms with Gasteiger partial charge in [-0.05, 0) is 36.1 Å². The molecule has 90 valence electrons. The number of carbonyl (C=O) groups is 1. The lowest BCUT2D eigenvalue weighted by molar-refractivity contribution is -0.130. The second kappa shape index (κ2) is 4.00. The molecular formula is C12H12O4S. The second-order valence-corrected chi connectivity index (χ2v) is 6.11. The van der Waals surface area contributed by atoms with E-state index in [1.165, 1.54) is 12.1 Å². The molecule has 1 N–H and O–H groups in total. The Balaban J connectivity index is 2.52. The van der Waals surface area contributed by atoms with Crippen LogP contribution in [-0.2, 0) is 21.1 Å². The number of rotatable bonds is 2. The lowest BCUT2D eigenvalue weighted by atomic mass is 10.0. The zero-order valence-electron chi connectivity index (χ0n) is 9.14. The average molecular weight is 252 g/mol. The maximum atomic E-state index is 11.7. The molecule has 0 aromatic heterocycles. The summed E-state index contributed by atoms with van der Waals surface area (Å²) < 4.78 is 23.5. The molecule has 5 heteroatoms. The maximum absolute atomic E-state index is 11.7. The van der Waals surface area contributed by atoms with Crippen LogP contribution < -0.4 is 0 Å². The van der Waals surface area contributed by atoms with Crippen LogP contribution in [0, 0.1) is 0 Å². The fourth-order valence-corrected chi connectivity index (χ4v) is 3.53. The fourth-order valence-electron chi connectivity index (χ4n) is 1.95. The van der Waals surface area contributed by atoms with Crippen molar-refractivity contribution in [2.45, 2.75) is 17.7 Å². The summed E-state index contributed by atoms with van der Waals surface area (Å²) in [5, 5.41) is 8.82. The van der Waals surface area contributed by atoms with E-state index in [0.717, 1.165) is 0 Å². The van der Waals surface area contributed by atoms with E-state index in [9.17, 15) is 13.2 Å². The molecule has 0 bridgehead atoms. The summed E-state index contributed by atoms with van der Waals surface area (Å²) in [5.74, 6) is -0.928. The molecule has 4 nitrogen and oxygen atoms in total. The number of aryl methyl sites for hydroxylation is 1. The van der Waals surface area contributed by atoms with Gasteiger partial charge in [0.2, 0.25) is 0 Å². The van der Waals surface area contributed by atoms with Gasteiger partial charge in [-0.1, -0.05) is 12.6 Å². The van der Waals surface area contributed by atoms with Crippen molar-refractivity contribution < 1.29 is 18.3 Å². The third kappa shape index (κ3) is 2.10. The van der Waals surface area contributed by atoms with Crippen molar-refractivity contribution >= 4 is 21.4 Å². The van der Waals surface area contributed by atoms with Crippen molar-refractivity contribution in [2.24, 2.45) is 0 Å². The summed E-state index contributed by atoms with van der Waals surface area (Å²) >= 11 is 0. The standard InChI is InChI=1S/C12H12O4S/c1-8(12(13)14)9-4-5-11-10(7-9)3-2-6-17(11,15)16/h4-5,7H,1-3,6H2,(H,13,14). The van der Waals surface area contributed by atoms with Crippen molar-refractivity contribution in [3.8, 4) is 0 Å². The molecule has 1 aromatic carbocycles. The van der Waals surface area contributed by atoms with E-state index in [2.05, 4.69) is 6.58 Å². The van der Waals surface area contributed by atoms with Crippen LogP contribution in [0.15, 0.2) is 29.7 Å². The Hall–Kier alpha value is -1.62. The topological polar surface area (TPSA) is 71.4 Å². The molecule has 2 rings (SSSR count). The smallest absolute Gasteiger partial charge is 0.335 e. The minimum Gasteiger partial charge on any atom is -0.478 e. The Labute approximate surface area is 99.5 Å². The van der Waals surface area contributed by atoms with Gasteiger partial charge >= 0.3 is 5.97 Å². The third-order valence-corrected chi connectivity index (χ3v) is 4.76. The monoisotopic (exact) mass is 252 g/mol. The summed E-state index contributed by atoms with van der Waals surface area (Å²) in [6.07, 6.45) is 1.24. The van der Waals surface area contributed by atoms with Crippen molar-refractivity contribution in [1.29, 1.82) is 0 Å². The molecule has 0 atom stereocenters. The highest BCUT2D eigenvalue weighted by molar-refractivity contribution is 7.91. The van der Waals surface area contributed by atoms with Crippen molar-refractivity contribution in [2.75, 3.05) is 5.75 Å². The first kappa shape index (κ1) is 11.9. The highest BCUT2D eigenvalue weighted by atomic mass is 32.2. The molecule has 1 heterocycles. The number of carboxylic acid groups (broad SMARTS) is 1. The number of aliphatic carboxylic acids is 1. The molecule has 1 aromatic rings. The predicted molar refractivity (Wildman–Crippen MR) is 63.5 cm³/mol. The van der Waals surface area contributed by atoms with Gasteiger partial charge in [0, 0.05) is 0 Å². The molecule has 0 fully saturated rings. The van der Waals surface area contributed by atoms with E-state index in [1.807, 2.05) is 0 Å². The summed E-state index contributed by atoms with van der Waals surface area (Å²) in [6, 6.07) is 4.59. The Morgan fingerprint density at radius 1 is 1.35 bits per heavy atom. The van der Waals surface area contributed by atoms with E-state index in [4.69, 9.17) is 5.11 Å². The SMILES string of the molecule is C=C(C(=O)O)c1ccc2c(c1)CCCS2(=O)=O. The summed E-state index contributed by atoms with van der Waals surface area (Å²) in [6.45, 7) is 3.46. The van der Waals surface area contributed by atoms with Gasteiger partial charge in [0.1, 0.15) is 0 Å². The third-order valence-electron chi connectivity index (χ3n) is 2.86. The molecule has 1 aliphatic heterocycles. The van der Waals surface area contributed by atoms with Gasteiger partial charge in [-0.15, -0.1) is 0 Å². The van der Waals surface area contributed by atoms with Crippen LogP contribution in [0.4, 0.5) is 0 Å². The van der Waals surface area contributed by atoms with Gasteiger partial charge < -0.3 is 5.11 Å². The predicted octanol–water partition coefficient (Wildman–Crippen LogP) is 1.50. The second-order valence-electron chi connectivity index (χ2n) is 4.03. The van der Waals surface area contributed by atoms with Gasteiger partial charge in [0.05, 0.1) is 16.2 Å². The van der Waals surface area contributed by atoms with Gasteiger partial charge in [0.15, 0.2) is 9.84 Å². The van der Waals surface area contributed by atoms with Crippen LogP contribution in [0.5, 0.6) is 0 Å². The highest BCUT2D eigenvalue weighted by Gasteiger charge is 2.24. The summed E-state index contributed by atoms with van der Waals surface area (Å²) in [4.78, 5) is 11.1.